The van der Waals surface area contributed by atoms with Crippen LogP contribution in [-0.4, -0.2) is 57.7 Å². The summed E-state index contributed by atoms with van der Waals surface area (Å²) < 4.78 is 11.0. The highest BCUT2D eigenvalue weighted by atomic mass is 16.5. The molecule has 0 aliphatic rings. The highest BCUT2D eigenvalue weighted by Crippen LogP contribution is 2.28. The number of benzene rings is 1. The SMILES string of the molecule is CCCOc1ccc(CN=C(N(C)C)N(C)C)cc1OC. The Balaban J connectivity index is 2.87. The number of guanidine groups is 1. The Hall–Kier alpha value is -1.91. The lowest BCUT2D eigenvalue weighted by Crippen LogP contribution is -2.35. The Morgan fingerprint density at radius 2 is 1.76 bits per heavy atom. The molecule has 5 heteroatoms. The first-order chi connectivity index (χ1) is 9.99. The van der Waals surface area contributed by atoms with Gasteiger partial charge in [-0.25, -0.2) is 4.99 Å². The zero-order chi connectivity index (χ0) is 15.8. The molecule has 0 heterocycles. The quantitative estimate of drug-likeness (QED) is 0.596. The fraction of sp³-hybridized carbons (Fsp3) is 0.562. The van der Waals surface area contributed by atoms with Crippen molar-refractivity contribution in [1.82, 2.24) is 9.80 Å². The first-order valence-electron chi connectivity index (χ1n) is 7.18. The predicted molar refractivity (Wildman–Crippen MR) is 87.3 cm³/mol. The van der Waals surface area contributed by atoms with E-state index in [1.54, 1.807) is 7.11 Å². The summed E-state index contributed by atoms with van der Waals surface area (Å²) in [5, 5.41) is 0. The Labute approximate surface area is 128 Å². The molecule has 1 rings (SSSR count). The average molecular weight is 293 g/mol. The van der Waals surface area contributed by atoms with Crippen molar-refractivity contribution in [2.45, 2.75) is 19.9 Å². The molecule has 0 aromatic heterocycles. The Morgan fingerprint density at radius 3 is 2.29 bits per heavy atom. The van der Waals surface area contributed by atoms with Crippen LogP contribution < -0.4 is 9.47 Å². The van der Waals surface area contributed by atoms with Crippen LogP contribution in [0, 0.1) is 0 Å². The van der Waals surface area contributed by atoms with Gasteiger partial charge in [0.25, 0.3) is 0 Å². The lowest BCUT2D eigenvalue weighted by Gasteiger charge is -2.22. The van der Waals surface area contributed by atoms with Crippen molar-refractivity contribution < 1.29 is 9.47 Å². The van der Waals surface area contributed by atoms with Gasteiger partial charge in [0, 0.05) is 28.2 Å². The van der Waals surface area contributed by atoms with Gasteiger partial charge in [-0.1, -0.05) is 13.0 Å². The Morgan fingerprint density at radius 1 is 1.10 bits per heavy atom. The first kappa shape index (κ1) is 17.1. The molecule has 0 unspecified atom stereocenters. The summed E-state index contributed by atoms with van der Waals surface area (Å²) in [7, 11) is 9.61. The van der Waals surface area contributed by atoms with E-state index >= 15 is 0 Å². The third kappa shape index (κ3) is 5.17. The predicted octanol–water partition coefficient (Wildman–Crippen LogP) is 2.46. The first-order valence-corrected chi connectivity index (χ1v) is 7.18. The number of ether oxygens (including phenoxy) is 2. The summed E-state index contributed by atoms with van der Waals surface area (Å²) in [6.07, 6.45) is 0.976. The molecule has 0 atom stereocenters. The van der Waals surface area contributed by atoms with E-state index in [9.17, 15) is 0 Å². The molecule has 0 N–H and O–H groups in total. The molecule has 118 valence electrons. The van der Waals surface area contributed by atoms with Crippen LogP contribution in [0.25, 0.3) is 0 Å². The zero-order valence-corrected chi connectivity index (χ0v) is 14.0. The molecular weight excluding hydrogens is 266 g/mol. The van der Waals surface area contributed by atoms with Gasteiger partial charge < -0.3 is 19.3 Å². The van der Waals surface area contributed by atoms with Gasteiger partial charge in [0.05, 0.1) is 20.3 Å². The number of hydrogen-bond acceptors (Lipinski definition) is 3. The smallest absolute Gasteiger partial charge is 0.195 e. The summed E-state index contributed by atoms with van der Waals surface area (Å²) in [4.78, 5) is 8.62. The second kappa shape index (κ2) is 8.39. The number of methoxy groups -OCH3 is 1. The van der Waals surface area contributed by atoms with E-state index in [1.165, 1.54) is 0 Å². The maximum absolute atomic E-state index is 5.66. The lowest BCUT2D eigenvalue weighted by molar-refractivity contribution is 0.294. The maximum atomic E-state index is 5.66. The molecule has 1 aromatic rings. The van der Waals surface area contributed by atoms with Crippen molar-refractivity contribution in [3.05, 3.63) is 23.8 Å². The normalized spacial score (nSPS) is 10.0. The fourth-order valence-electron chi connectivity index (χ4n) is 1.99. The van der Waals surface area contributed by atoms with Crippen molar-refractivity contribution in [3.63, 3.8) is 0 Å². The average Bonchev–Trinajstić information content (AvgIpc) is 2.45. The van der Waals surface area contributed by atoms with E-state index in [2.05, 4.69) is 11.9 Å². The minimum Gasteiger partial charge on any atom is -0.493 e. The molecule has 1 aromatic carbocycles. The molecule has 21 heavy (non-hydrogen) atoms. The van der Waals surface area contributed by atoms with Gasteiger partial charge in [-0.3, -0.25) is 0 Å². The molecule has 0 saturated carbocycles. The van der Waals surface area contributed by atoms with Crippen LogP contribution in [0.3, 0.4) is 0 Å². The van der Waals surface area contributed by atoms with Gasteiger partial charge in [0.15, 0.2) is 17.5 Å². The van der Waals surface area contributed by atoms with Crippen LogP contribution in [0.4, 0.5) is 0 Å². The van der Waals surface area contributed by atoms with E-state index < -0.39 is 0 Å². The summed E-state index contributed by atoms with van der Waals surface area (Å²) in [6.45, 7) is 3.38. The topological polar surface area (TPSA) is 37.3 Å². The molecule has 0 fully saturated rings. The van der Waals surface area contributed by atoms with Gasteiger partial charge in [-0.05, 0) is 24.1 Å². The molecule has 0 bridgehead atoms. The van der Waals surface area contributed by atoms with Crippen LogP contribution in [-0.2, 0) is 6.54 Å². The number of nitrogens with zero attached hydrogens (tertiary/aromatic N) is 3. The molecule has 0 aliphatic carbocycles. The van der Waals surface area contributed by atoms with Gasteiger partial charge >= 0.3 is 0 Å². The number of hydrogen-bond donors (Lipinski definition) is 0. The van der Waals surface area contributed by atoms with Crippen LogP contribution >= 0.6 is 0 Å². The highest BCUT2D eigenvalue weighted by Gasteiger charge is 2.07. The van der Waals surface area contributed by atoms with Crippen LogP contribution in [0.2, 0.25) is 0 Å². The third-order valence-electron chi connectivity index (χ3n) is 2.89. The van der Waals surface area contributed by atoms with Gasteiger partial charge in [-0.2, -0.15) is 0 Å². The van der Waals surface area contributed by atoms with E-state index in [-0.39, 0.29) is 0 Å². The van der Waals surface area contributed by atoms with Crippen LogP contribution in [0.1, 0.15) is 18.9 Å². The van der Waals surface area contributed by atoms with Crippen molar-refractivity contribution >= 4 is 5.96 Å². The standard InChI is InChI=1S/C16H27N3O2/c1-7-10-21-14-9-8-13(11-15(14)20-6)12-17-16(18(2)3)19(4)5/h8-9,11H,7,10,12H2,1-6H3. The monoisotopic (exact) mass is 293 g/mol. The summed E-state index contributed by atoms with van der Waals surface area (Å²) in [5.41, 5.74) is 1.09. The van der Waals surface area contributed by atoms with Gasteiger partial charge in [0.1, 0.15) is 0 Å². The highest BCUT2D eigenvalue weighted by molar-refractivity contribution is 5.79. The summed E-state index contributed by atoms with van der Waals surface area (Å²) in [6, 6.07) is 5.96. The molecule has 0 amide bonds. The molecule has 0 spiro atoms. The molecule has 0 saturated heterocycles. The molecule has 5 nitrogen and oxygen atoms in total. The van der Waals surface area contributed by atoms with Gasteiger partial charge in [-0.15, -0.1) is 0 Å². The van der Waals surface area contributed by atoms with Crippen molar-refractivity contribution in [2.24, 2.45) is 4.99 Å². The fourth-order valence-corrected chi connectivity index (χ4v) is 1.99. The molecule has 0 aliphatic heterocycles. The van der Waals surface area contributed by atoms with Crippen molar-refractivity contribution in [1.29, 1.82) is 0 Å². The van der Waals surface area contributed by atoms with E-state index in [1.807, 2.05) is 56.2 Å². The van der Waals surface area contributed by atoms with Crippen LogP contribution in [0.15, 0.2) is 23.2 Å². The second-order valence-corrected chi connectivity index (χ2v) is 5.24. The summed E-state index contributed by atoms with van der Waals surface area (Å²) in [5.74, 6) is 2.47. The Kier molecular flexibility index (Phi) is 6.85. The minimum absolute atomic E-state index is 0.607. The number of rotatable bonds is 6. The lowest BCUT2D eigenvalue weighted by atomic mass is 10.2. The maximum Gasteiger partial charge on any atom is 0.195 e. The van der Waals surface area contributed by atoms with E-state index in [0.717, 1.165) is 29.4 Å². The van der Waals surface area contributed by atoms with E-state index in [0.29, 0.717) is 13.2 Å². The van der Waals surface area contributed by atoms with Gasteiger partial charge in [0.2, 0.25) is 0 Å². The Bertz CT molecular complexity index is 461. The summed E-state index contributed by atoms with van der Waals surface area (Å²) >= 11 is 0. The number of aliphatic imine (C=N–C) groups is 1. The molecular formula is C16H27N3O2. The molecule has 0 radical (unpaired) electrons. The van der Waals surface area contributed by atoms with Crippen molar-refractivity contribution in [2.75, 3.05) is 41.9 Å². The third-order valence-corrected chi connectivity index (χ3v) is 2.89. The minimum atomic E-state index is 0.607. The second-order valence-electron chi connectivity index (χ2n) is 5.24. The van der Waals surface area contributed by atoms with E-state index in [4.69, 9.17) is 9.47 Å². The zero-order valence-electron chi connectivity index (χ0n) is 14.0. The van der Waals surface area contributed by atoms with Crippen LogP contribution in [0.5, 0.6) is 11.5 Å². The largest absolute Gasteiger partial charge is 0.493 e. The van der Waals surface area contributed by atoms with Crippen molar-refractivity contribution in [3.8, 4) is 11.5 Å².